The van der Waals surface area contributed by atoms with Crippen molar-refractivity contribution in [1.82, 2.24) is 0 Å². The molecule has 1 aromatic carbocycles. The number of anilines is 1. The van der Waals surface area contributed by atoms with Crippen molar-refractivity contribution in [3.63, 3.8) is 0 Å². The van der Waals surface area contributed by atoms with Crippen LogP contribution >= 0.6 is 12.6 Å². The van der Waals surface area contributed by atoms with Gasteiger partial charge in [-0.2, -0.15) is 0 Å². The minimum absolute atomic E-state index is 0.661. The second-order valence-electron chi connectivity index (χ2n) is 3.76. The Balaban J connectivity index is 2.37. The molecule has 0 aromatic heterocycles. The second kappa shape index (κ2) is 3.62. The Kier molecular flexibility index (Phi) is 2.49. The quantitative estimate of drug-likeness (QED) is 0.520. The van der Waals surface area contributed by atoms with Crippen LogP contribution in [0, 0.1) is 0 Å². The minimum atomic E-state index is 0.661. The molecular weight excluding hydrogens is 178 g/mol. The Bertz CT molecular complexity index is 283. The summed E-state index contributed by atoms with van der Waals surface area (Å²) < 4.78 is 0. The van der Waals surface area contributed by atoms with Crippen molar-refractivity contribution >= 4 is 18.3 Å². The number of benzene rings is 1. The Labute approximate surface area is 84.7 Å². The lowest BCUT2D eigenvalue weighted by Crippen LogP contribution is -2.00. The molecule has 13 heavy (non-hydrogen) atoms. The Morgan fingerprint density at radius 3 is 2.54 bits per heavy atom. The maximum Gasteiger partial charge on any atom is 0.0360 e. The molecule has 2 rings (SSSR count). The molecule has 1 aromatic rings. The number of hydrogen-bond donors (Lipinski definition) is 2. The van der Waals surface area contributed by atoms with Gasteiger partial charge in [0.2, 0.25) is 0 Å². The van der Waals surface area contributed by atoms with Gasteiger partial charge in [0.05, 0.1) is 0 Å². The van der Waals surface area contributed by atoms with E-state index in [0.29, 0.717) is 5.92 Å². The Morgan fingerprint density at radius 1 is 1.23 bits per heavy atom. The van der Waals surface area contributed by atoms with Crippen LogP contribution < -0.4 is 5.73 Å². The van der Waals surface area contributed by atoms with E-state index in [1.54, 1.807) is 0 Å². The third kappa shape index (κ3) is 1.68. The summed E-state index contributed by atoms with van der Waals surface area (Å²) in [4.78, 5) is 1.06. The largest absolute Gasteiger partial charge is 0.398 e. The van der Waals surface area contributed by atoms with Gasteiger partial charge < -0.3 is 5.73 Å². The van der Waals surface area contributed by atoms with E-state index in [1.165, 1.54) is 31.2 Å². The fourth-order valence-electron chi connectivity index (χ4n) is 2.23. The lowest BCUT2D eigenvalue weighted by atomic mass is 9.96. The van der Waals surface area contributed by atoms with Gasteiger partial charge in [-0.15, -0.1) is 12.6 Å². The highest BCUT2D eigenvalue weighted by molar-refractivity contribution is 7.80. The maximum atomic E-state index is 5.95. The van der Waals surface area contributed by atoms with Crippen LogP contribution in [-0.4, -0.2) is 0 Å². The fraction of sp³-hybridized carbons (Fsp3) is 0.455. The predicted molar refractivity (Wildman–Crippen MR) is 59.3 cm³/mol. The van der Waals surface area contributed by atoms with Gasteiger partial charge in [0.25, 0.3) is 0 Å². The van der Waals surface area contributed by atoms with E-state index < -0.39 is 0 Å². The number of nitrogens with two attached hydrogens (primary N) is 1. The number of nitrogen functional groups attached to an aromatic ring is 1. The molecule has 0 amide bonds. The topological polar surface area (TPSA) is 26.0 Å². The van der Waals surface area contributed by atoms with Crippen molar-refractivity contribution in [1.29, 1.82) is 0 Å². The van der Waals surface area contributed by atoms with Gasteiger partial charge in [0, 0.05) is 10.6 Å². The van der Waals surface area contributed by atoms with Crippen molar-refractivity contribution in [2.24, 2.45) is 0 Å². The molecule has 1 saturated carbocycles. The molecule has 0 saturated heterocycles. The zero-order chi connectivity index (χ0) is 9.26. The van der Waals surface area contributed by atoms with Crippen molar-refractivity contribution in [3.05, 3.63) is 23.8 Å². The SMILES string of the molecule is Nc1cccc(S)c1C1CCCC1. The standard InChI is InChI=1S/C11H15NS/c12-9-6-3-7-10(13)11(9)8-4-1-2-5-8/h3,6-8,13H,1-2,4-5,12H2. The molecule has 1 fully saturated rings. The summed E-state index contributed by atoms with van der Waals surface area (Å²) in [5, 5.41) is 0. The third-order valence-electron chi connectivity index (χ3n) is 2.88. The molecule has 0 bridgehead atoms. The van der Waals surface area contributed by atoms with E-state index in [0.717, 1.165) is 10.6 Å². The lowest BCUT2D eigenvalue weighted by Gasteiger charge is -2.14. The van der Waals surface area contributed by atoms with Gasteiger partial charge in [-0.25, -0.2) is 0 Å². The smallest absolute Gasteiger partial charge is 0.0360 e. The van der Waals surface area contributed by atoms with Crippen LogP contribution in [0.2, 0.25) is 0 Å². The Hall–Kier alpha value is -0.630. The van der Waals surface area contributed by atoms with Gasteiger partial charge in [0.15, 0.2) is 0 Å². The molecule has 0 unspecified atom stereocenters. The number of hydrogen-bond acceptors (Lipinski definition) is 2. The van der Waals surface area contributed by atoms with Crippen LogP contribution in [-0.2, 0) is 0 Å². The van der Waals surface area contributed by atoms with Gasteiger partial charge in [-0.05, 0) is 36.5 Å². The highest BCUT2D eigenvalue weighted by Gasteiger charge is 2.20. The van der Waals surface area contributed by atoms with Gasteiger partial charge in [-0.1, -0.05) is 18.9 Å². The van der Waals surface area contributed by atoms with Crippen molar-refractivity contribution in [2.75, 3.05) is 5.73 Å². The molecule has 2 heteroatoms. The first-order valence-corrected chi connectivity index (χ1v) is 5.31. The monoisotopic (exact) mass is 193 g/mol. The lowest BCUT2D eigenvalue weighted by molar-refractivity contribution is 0.712. The van der Waals surface area contributed by atoms with E-state index in [9.17, 15) is 0 Å². The molecule has 2 N–H and O–H groups in total. The molecule has 70 valence electrons. The number of thiol groups is 1. The molecule has 0 heterocycles. The van der Waals surface area contributed by atoms with E-state index in [-0.39, 0.29) is 0 Å². The van der Waals surface area contributed by atoms with Crippen molar-refractivity contribution in [2.45, 2.75) is 36.5 Å². The van der Waals surface area contributed by atoms with E-state index in [2.05, 4.69) is 12.6 Å². The highest BCUT2D eigenvalue weighted by atomic mass is 32.1. The summed E-state index contributed by atoms with van der Waals surface area (Å²) in [5.41, 5.74) is 8.15. The van der Waals surface area contributed by atoms with Crippen LogP contribution in [0.1, 0.15) is 37.2 Å². The van der Waals surface area contributed by atoms with Gasteiger partial charge in [0.1, 0.15) is 0 Å². The molecule has 1 aliphatic carbocycles. The van der Waals surface area contributed by atoms with Crippen LogP contribution in [0.5, 0.6) is 0 Å². The van der Waals surface area contributed by atoms with Gasteiger partial charge >= 0.3 is 0 Å². The minimum Gasteiger partial charge on any atom is -0.398 e. The van der Waals surface area contributed by atoms with E-state index in [1.807, 2.05) is 18.2 Å². The zero-order valence-corrected chi connectivity index (χ0v) is 8.56. The molecule has 0 spiro atoms. The summed E-state index contributed by atoms with van der Waals surface area (Å²) >= 11 is 4.46. The summed E-state index contributed by atoms with van der Waals surface area (Å²) in [5.74, 6) is 0.661. The fourth-order valence-corrected chi connectivity index (χ4v) is 2.63. The summed E-state index contributed by atoms with van der Waals surface area (Å²) in [6, 6.07) is 5.98. The highest BCUT2D eigenvalue weighted by Crippen LogP contribution is 2.39. The molecule has 1 nitrogen and oxygen atoms in total. The summed E-state index contributed by atoms with van der Waals surface area (Å²) in [6.45, 7) is 0. The zero-order valence-electron chi connectivity index (χ0n) is 7.66. The normalized spacial score (nSPS) is 17.9. The average molecular weight is 193 g/mol. The van der Waals surface area contributed by atoms with Crippen molar-refractivity contribution in [3.8, 4) is 0 Å². The maximum absolute atomic E-state index is 5.95. The first-order valence-electron chi connectivity index (χ1n) is 4.86. The average Bonchev–Trinajstić information content (AvgIpc) is 2.57. The van der Waals surface area contributed by atoms with Crippen LogP contribution in [0.4, 0.5) is 5.69 Å². The van der Waals surface area contributed by atoms with Crippen molar-refractivity contribution < 1.29 is 0 Å². The van der Waals surface area contributed by atoms with E-state index >= 15 is 0 Å². The molecule has 1 aliphatic rings. The number of rotatable bonds is 1. The predicted octanol–water partition coefficient (Wildman–Crippen LogP) is 3.22. The second-order valence-corrected chi connectivity index (χ2v) is 4.24. The molecular formula is C11H15NS. The Morgan fingerprint density at radius 2 is 1.92 bits per heavy atom. The molecule has 0 aliphatic heterocycles. The first-order chi connectivity index (χ1) is 6.29. The van der Waals surface area contributed by atoms with Crippen LogP contribution in [0.15, 0.2) is 23.1 Å². The summed E-state index contributed by atoms with van der Waals surface area (Å²) in [6.07, 6.45) is 5.24. The van der Waals surface area contributed by atoms with Crippen LogP contribution in [0.3, 0.4) is 0 Å². The van der Waals surface area contributed by atoms with Gasteiger partial charge in [-0.3, -0.25) is 0 Å². The third-order valence-corrected chi connectivity index (χ3v) is 3.27. The first kappa shape index (κ1) is 8.95. The van der Waals surface area contributed by atoms with Crippen LogP contribution in [0.25, 0.3) is 0 Å². The molecule has 0 atom stereocenters. The summed E-state index contributed by atoms with van der Waals surface area (Å²) in [7, 11) is 0. The molecule has 0 radical (unpaired) electrons. The van der Waals surface area contributed by atoms with E-state index in [4.69, 9.17) is 5.73 Å².